The van der Waals surface area contributed by atoms with E-state index in [2.05, 4.69) is 15.7 Å². The third-order valence-corrected chi connectivity index (χ3v) is 6.63. The van der Waals surface area contributed by atoms with E-state index in [1.807, 2.05) is 30.3 Å². The second kappa shape index (κ2) is 8.20. The minimum absolute atomic E-state index is 0. The van der Waals surface area contributed by atoms with Crippen LogP contribution in [0.3, 0.4) is 0 Å². The van der Waals surface area contributed by atoms with Gasteiger partial charge < -0.3 is 10.6 Å². The number of carbonyl (C=O) groups is 1. The Bertz CT molecular complexity index is 846. The molecule has 2 aromatic rings. The van der Waals surface area contributed by atoms with Gasteiger partial charge in [-0.15, -0.1) is 12.4 Å². The molecule has 142 valence electrons. The number of rotatable bonds is 5. The lowest BCUT2D eigenvalue weighted by molar-refractivity contribution is -0.119. The number of anilines is 1. The van der Waals surface area contributed by atoms with Gasteiger partial charge in [0.25, 0.3) is 0 Å². The Kier molecular flexibility index (Phi) is 6.44. The van der Waals surface area contributed by atoms with Crippen molar-refractivity contribution >= 4 is 33.8 Å². The van der Waals surface area contributed by atoms with Crippen molar-refractivity contribution in [3.63, 3.8) is 0 Å². The number of hydrogen-bond acceptors (Lipinski definition) is 5. The van der Waals surface area contributed by atoms with Crippen molar-refractivity contribution in [1.82, 2.24) is 15.1 Å². The number of piperidine rings is 1. The molecular formula is C17H23ClN4O3S. The molecule has 0 aliphatic carbocycles. The second-order valence-electron chi connectivity index (χ2n) is 6.38. The van der Waals surface area contributed by atoms with Crippen molar-refractivity contribution in [3.8, 4) is 0 Å². The summed E-state index contributed by atoms with van der Waals surface area (Å²) < 4.78 is 24.9. The van der Waals surface area contributed by atoms with Crippen LogP contribution in [0.4, 0.5) is 5.69 Å². The van der Waals surface area contributed by atoms with Gasteiger partial charge in [0.05, 0.1) is 18.4 Å². The van der Waals surface area contributed by atoms with E-state index >= 15 is 0 Å². The molecule has 0 radical (unpaired) electrons. The zero-order valence-electron chi connectivity index (χ0n) is 14.5. The second-order valence-corrected chi connectivity index (χ2v) is 8.71. The quantitative estimate of drug-likeness (QED) is 0.795. The maximum absolute atomic E-state index is 12.7. The monoisotopic (exact) mass is 398 g/mol. The largest absolute Gasteiger partial charge is 0.322 e. The Hall–Kier alpha value is -1.90. The van der Waals surface area contributed by atoms with Crippen molar-refractivity contribution in [2.45, 2.75) is 24.1 Å². The van der Waals surface area contributed by atoms with E-state index in [9.17, 15) is 13.2 Å². The fourth-order valence-electron chi connectivity index (χ4n) is 3.13. The lowest BCUT2D eigenvalue weighted by atomic mass is 9.96. The number of amides is 1. The predicted octanol–water partition coefficient (Wildman–Crippen LogP) is 1.46. The van der Waals surface area contributed by atoms with Crippen molar-refractivity contribution in [2.75, 3.05) is 24.7 Å². The number of aromatic nitrogens is 2. The zero-order valence-corrected chi connectivity index (χ0v) is 16.1. The van der Waals surface area contributed by atoms with Crippen LogP contribution in [-0.4, -0.2) is 48.2 Å². The molecule has 1 aliphatic rings. The van der Waals surface area contributed by atoms with Gasteiger partial charge in [0, 0.05) is 12.5 Å². The van der Waals surface area contributed by atoms with Gasteiger partial charge in [-0.2, -0.15) is 5.10 Å². The maximum atomic E-state index is 12.7. The standard InChI is InChI=1S/C17H22N4O3S.ClH/c1-25(23,24)17(7-9-18-10-8-17)16(22)20-15-11-19-21(13-15)12-14-5-3-2-4-6-14;/h2-6,11,13,18H,7-10,12H2,1H3,(H,20,22);1H. The molecule has 2 N–H and O–H groups in total. The van der Waals surface area contributed by atoms with E-state index in [1.54, 1.807) is 10.9 Å². The highest BCUT2D eigenvalue weighted by Gasteiger charge is 2.48. The highest BCUT2D eigenvalue weighted by Crippen LogP contribution is 2.29. The summed E-state index contributed by atoms with van der Waals surface area (Å²) in [5.41, 5.74) is 1.59. The summed E-state index contributed by atoms with van der Waals surface area (Å²) in [7, 11) is -3.53. The molecule has 26 heavy (non-hydrogen) atoms. The van der Waals surface area contributed by atoms with Gasteiger partial charge in [-0.05, 0) is 31.5 Å². The Morgan fingerprint density at radius 1 is 1.27 bits per heavy atom. The Morgan fingerprint density at radius 2 is 1.92 bits per heavy atom. The Balaban J connectivity index is 0.00000243. The van der Waals surface area contributed by atoms with Crippen LogP contribution in [-0.2, 0) is 21.2 Å². The minimum atomic E-state index is -3.53. The van der Waals surface area contributed by atoms with Gasteiger partial charge in [-0.25, -0.2) is 8.42 Å². The van der Waals surface area contributed by atoms with Crippen molar-refractivity contribution in [1.29, 1.82) is 0 Å². The molecule has 1 aromatic carbocycles. The summed E-state index contributed by atoms with van der Waals surface area (Å²) in [6, 6.07) is 9.84. The molecule has 1 saturated heterocycles. The fraction of sp³-hybridized carbons (Fsp3) is 0.412. The Labute approximate surface area is 159 Å². The average Bonchev–Trinajstić information content (AvgIpc) is 3.02. The number of nitrogens with one attached hydrogen (secondary N) is 2. The van der Waals surface area contributed by atoms with Crippen LogP contribution in [0.5, 0.6) is 0 Å². The molecule has 0 saturated carbocycles. The lowest BCUT2D eigenvalue weighted by Gasteiger charge is -2.34. The van der Waals surface area contributed by atoms with E-state index in [1.165, 1.54) is 6.20 Å². The molecule has 1 amide bonds. The minimum Gasteiger partial charge on any atom is -0.322 e. The van der Waals surface area contributed by atoms with Gasteiger partial charge in [-0.3, -0.25) is 9.48 Å². The zero-order chi connectivity index (χ0) is 17.9. The summed E-state index contributed by atoms with van der Waals surface area (Å²) in [5, 5.41) is 10.1. The lowest BCUT2D eigenvalue weighted by Crippen LogP contribution is -2.55. The average molecular weight is 399 g/mol. The smallest absolute Gasteiger partial charge is 0.246 e. The van der Waals surface area contributed by atoms with Crippen LogP contribution in [0.25, 0.3) is 0 Å². The van der Waals surface area contributed by atoms with Crippen LogP contribution < -0.4 is 10.6 Å². The predicted molar refractivity (Wildman–Crippen MR) is 103 cm³/mol. The highest BCUT2D eigenvalue weighted by atomic mass is 35.5. The molecular weight excluding hydrogens is 376 g/mol. The molecule has 1 aromatic heterocycles. The molecule has 1 fully saturated rings. The van der Waals surface area contributed by atoms with Crippen molar-refractivity contribution in [3.05, 3.63) is 48.3 Å². The van der Waals surface area contributed by atoms with Crippen molar-refractivity contribution in [2.24, 2.45) is 0 Å². The molecule has 0 bridgehead atoms. The number of halogens is 1. The fourth-order valence-corrected chi connectivity index (χ4v) is 4.46. The summed E-state index contributed by atoms with van der Waals surface area (Å²) >= 11 is 0. The van der Waals surface area contributed by atoms with E-state index in [0.717, 1.165) is 11.8 Å². The Morgan fingerprint density at radius 3 is 2.54 bits per heavy atom. The van der Waals surface area contributed by atoms with E-state index in [-0.39, 0.29) is 25.2 Å². The van der Waals surface area contributed by atoms with Crippen LogP contribution in [0.15, 0.2) is 42.7 Å². The van der Waals surface area contributed by atoms with Gasteiger partial charge in [0.2, 0.25) is 5.91 Å². The number of hydrogen-bond donors (Lipinski definition) is 2. The molecule has 2 heterocycles. The normalized spacial score (nSPS) is 16.5. The number of benzene rings is 1. The SMILES string of the molecule is CS(=O)(=O)C1(C(=O)Nc2cnn(Cc3ccccc3)c2)CCNCC1.Cl. The molecule has 1 aliphatic heterocycles. The molecule has 0 spiro atoms. The van der Waals surface area contributed by atoms with Crippen LogP contribution >= 0.6 is 12.4 Å². The first kappa shape index (κ1) is 20.4. The summed E-state index contributed by atoms with van der Waals surface area (Å²) in [6.45, 7) is 1.60. The maximum Gasteiger partial charge on any atom is 0.246 e. The van der Waals surface area contributed by atoms with Gasteiger partial charge in [0.15, 0.2) is 14.6 Å². The molecule has 0 unspecified atom stereocenters. The van der Waals surface area contributed by atoms with Crippen LogP contribution in [0.1, 0.15) is 18.4 Å². The third-order valence-electron chi connectivity index (χ3n) is 4.61. The first-order chi connectivity index (χ1) is 11.9. The molecule has 3 rings (SSSR count). The summed E-state index contributed by atoms with van der Waals surface area (Å²) in [5.74, 6) is -0.476. The molecule has 0 atom stereocenters. The van der Waals surface area contributed by atoms with Crippen LogP contribution in [0.2, 0.25) is 0 Å². The number of nitrogens with zero attached hydrogens (tertiary/aromatic N) is 2. The van der Waals surface area contributed by atoms with E-state index < -0.39 is 20.5 Å². The molecule has 9 heteroatoms. The van der Waals surface area contributed by atoms with E-state index in [4.69, 9.17) is 0 Å². The van der Waals surface area contributed by atoms with E-state index in [0.29, 0.717) is 25.3 Å². The van der Waals surface area contributed by atoms with Crippen molar-refractivity contribution < 1.29 is 13.2 Å². The van der Waals surface area contributed by atoms with Crippen LogP contribution in [0, 0.1) is 0 Å². The topological polar surface area (TPSA) is 93.1 Å². The third kappa shape index (κ3) is 4.25. The number of carbonyl (C=O) groups excluding carboxylic acids is 1. The first-order valence-electron chi connectivity index (χ1n) is 8.19. The first-order valence-corrected chi connectivity index (χ1v) is 10.1. The number of sulfone groups is 1. The van der Waals surface area contributed by atoms with Gasteiger partial charge in [0.1, 0.15) is 0 Å². The summed E-state index contributed by atoms with van der Waals surface area (Å²) in [4.78, 5) is 12.7. The van der Waals surface area contributed by atoms with Gasteiger partial charge in [-0.1, -0.05) is 30.3 Å². The summed E-state index contributed by atoms with van der Waals surface area (Å²) in [6.07, 6.45) is 4.93. The van der Waals surface area contributed by atoms with Gasteiger partial charge >= 0.3 is 0 Å². The highest BCUT2D eigenvalue weighted by molar-refractivity contribution is 7.92. The molecule has 7 nitrogen and oxygen atoms in total.